The molecule has 2 nitrogen and oxygen atoms in total. The summed E-state index contributed by atoms with van der Waals surface area (Å²) < 4.78 is 5.23. The van der Waals surface area contributed by atoms with E-state index < -0.39 is 0 Å². The lowest BCUT2D eigenvalue weighted by atomic mass is 9.89. The second-order valence-electron chi connectivity index (χ2n) is 4.33. The fourth-order valence-electron chi connectivity index (χ4n) is 1.89. The first kappa shape index (κ1) is 11.0. The molecule has 1 unspecified atom stereocenters. The molecule has 0 aromatic carbocycles. The molecule has 2 heteroatoms. The van der Waals surface area contributed by atoms with Crippen LogP contribution in [0.4, 0.5) is 0 Å². The summed E-state index contributed by atoms with van der Waals surface area (Å²) in [5.74, 6) is 0.826. The monoisotopic (exact) mass is 185 g/mol. The van der Waals surface area contributed by atoms with Crippen LogP contribution in [0.5, 0.6) is 0 Å². The number of ether oxygens (including phenoxy) is 1. The van der Waals surface area contributed by atoms with Crippen molar-refractivity contribution < 1.29 is 4.74 Å². The number of rotatable bonds is 6. The van der Waals surface area contributed by atoms with Crippen LogP contribution in [-0.2, 0) is 4.74 Å². The summed E-state index contributed by atoms with van der Waals surface area (Å²) >= 11 is 0. The Bertz CT molecular complexity index is 132. The molecule has 1 N–H and O–H groups in total. The Balaban J connectivity index is 1.95. The Morgan fingerprint density at radius 2 is 2.15 bits per heavy atom. The van der Waals surface area contributed by atoms with Gasteiger partial charge in [0.1, 0.15) is 0 Å². The van der Waals surface area contributed by atoms with Gasteiger partial charge in [-0.3, -0.25) is 0 Å². The van der Waals surface area contributed by atoms with Crippen molar-refractivity contribution in [3.63, 3.8) is 0 Å². The van der Waals surface area contributed by atoms with Crippen LogP contribution in [0, 0.1) is 5.92 Å². The fourth-order valence-corrected chi connectivity index (χ4v) is 1.89. The molecular weight excluding hydrogens is 162 g/mol. The Hall–Kier alpha value is -0.0800. The molecule has 0 amide bonds. The maximum atomic E-state index is 5.23. The SMILES string of the molecule is CCCC(C)CNC1CC(OC)C1. The number of nitrogens with one attached hydrogen (secondary N) is 1. The Kier molecular flexibility index (Phi) is 4.74. The first-order valence-corrected chi connectivity index (χ1v) is 5.52. The van der Waals surface area contributed by atoms with Crippen LogP contribution in [0.1, 0.15) is 39.5 Å². The van der Waals surface area contributed by atoms with Crippen molar-refractivity contribution in [2.24, 2.45) is 5.92 Å². The van der Waals surface area contributed by atoms with Crippen LogP contribution in [0.2, 0.25) is 0 Å². The average Bonchev–Trinajstić information content (AvgIpc) is 2.02. The molecule has 78 valence electrons. The van der Waals surface area contributed by atoms with Crippen molar-refractivity contribution in [3.05, 3.63) is 0 Å². The minimum Gasteiger partial charge on any atom is -0.381 e. The molecule has 0 spiro atoms. The molecule has 1 atom stereocenters. The van der Waals surface area contributed by atoms with Gasteiger partial charge in [-0.25, -0.2) is 0 Å². The Labute approximate surface area is 82.0 Å². The lowest BCUT2D eigenvalue weighted by molar-refractivity contribution is 0.0165. The Morgan fingerprint density at radius 1 is 1.46 bits per heavy atom. The minimum atomic E-state index is 0.527. The van der Waals surface area contributed by atoms with Gasteiger partial charge in [-0.05, 0) is 31.7 Å². The highest BCUT2D eigenvalue weighted by molar-refractivity contribution is 4.85. The predicted octanol–water partition coefficient (Wildman–Crippen LogP) is 2.19. The van der Waals surface area contributed by atoms with Crippen molar-refractivity contribution in [2.75, 3.05) is 13.7 Å². The summed E-state index contributed by atoms with van der Waals surface area (Å²) in [6, 6.07) is 0.726. The van der Waals surface area contributed by atoms with E-state index in [0.29, 0.717) is 6.10 Å². The van der Waals surface area contributed by atoms with E-state index in [0.717, 1.165) is 12.0 Å². The zero-order valence-electron chi connectivity index (χ0n) is 9.18. The van der Waals surface area contributed by atoms with Crippen molar-refractivity contribution in [3.8, 4) is 0 Å². The van der Waals surface area contributed by atoms with Gasteiger partial charge in [0, 0.05) is 13.2 Å². The number of methoxy groups -OCH3 is 1. The summed E-state index contributed by atoms with van der Waals surface area (Å²) in [7, 11) is 1.81. The van der Waals surface area contributed by atoms with E-state index in [9.17, 15) is 0 Å². The first-order valence-electron chi connectivity index (χ1n) is 5.52. The van der Waals surface area contributed by atoms with Crippen LogP contribution >= 0.6 is 0 Å². The molecule has 0 saturated heterocycles. The summed E-state index contributed by atoms with van der Waals surface area (Å²) in [6.07, 6.45) is 5.57. The van der Waals surface area contributed by atoms with Crippen molar-refractivity contribution in [2.45, 2.75) is 51.7 Å². The van der Waals surface area contributed by atoms with Gasteiger partial charge in [-0.2, -0.15) is 0 Å². The highest BCUT2D eigenvalue weighted by atomic mass is 16.5. The molecule has 0 bridgehead atoms. The van der Waals surface area contributed by atoms with Gasteiger partial charge in [-0.1, -0.05) is 20.3 Å². The third kappa shape index (κ3) is 3.65. The van der Waals surface area contributed by atoms with Crippen molar-refractivity contribution in [1.29, 1.82) is 0 Å². The van der Waals surface area contributed by atoms with Crippen LogP contribution < -0.4 is 5.32 Å². The van der Waals surface area contributed by atoms with E-state index in [1.54, 1.807) is 7.11 Å². The van der Waals surface area contributed by atoms with Crippen LogP contribution in [0.25, 0.3) is 0 Å². The standard InChI is InChI=1S/C11H23NO/c1-4-5-9(2)8-12-10-6-11(7-10)13-3/h9-12H,4-8H2,1-3H3. The second-order valence-corrected chi connectivity index (χ2v) is 4.33. The summed E-state index contributed by atoms with van der Waals surface area (Å²) in [4.78, 5) is 0. The predicted molar refractivity (Wildman–Crippen MR) is 55.9 cm³/mol. The third-order valence-electron chi connectivity index (χ3n) is 2.96. The molecule has 1 aliphatic rings. The molecule has 0 aromatic rings. The number of hydrogen-bond acceptors (Lipinski definition) is 2. The minimum absolute atomic E-state index is 0.527. The second kappa shape index (κ2) is 5.61. The summed E-state index contributed by atoms with van der Waals surface area (Å²) in [5.41, 5.74) is 0. The highest BCUT2D eigenvalue weighted by Crippen LogP contribution is 2.22. The fraction of sp³-hybridized carbons (Fsp3) is 1.00. The van der Waals surface area contributed by atoms with E-state index in [1.807, 2.05) is 0 Å². The van der Waals surface area contributed by atoms with Gasteiger partial charge < -0.3 is 10.1 Å². The van der Waals surface area contributed by atoms with Crippen LogP contribution in [0.15, 0.2) is 0 Å². The summed E-state index contributed by atoms with van der Waals surface area (Å²) in [5, 5.41) is 3.59. The van der Waals surface area contributed by atoms with E-state index >= 15 is 0 Å². The van der Waals surface area contributed by atoms with Crippen molar-refractivity contribution >= 4 is 0 Å². The van der Waals surface area contributed by atoms with Gasteiger partial charge in [0.2, 0.25) is 0 Å². The zero-order chi connectivity index (χ0) is 9.68. The molecule has 0 aromatic heterocycles. The highest BCUT2D eigenvalue weighted by Gasteiger charge is 2.28. The van der Waals surface area contributed by atoms with Gasteiger partial charge in [-0.15, -0.1) is 0 Å². The van der Waals surface area contributed by atoms with E-state index in [4.69, 9.17) is 4.74 Å². The lowest BCUT2D eigenvalue weighted by Gasteiger charge is -2.35. The molecule has 1 saturated carbocycles. The maximum absolute atomic E-state index is 5.23. The van der Waals surface area contributed by atoms with Crippen LogP contribution in [0.3, 0.4) is 0 Å². The average molecular weight is 185 g/mol. The quantitative estimate of drug-likeness (QED) is 0.685. The largest absolute Gasteiger partial charge is 0.381 e. The molecule has 1 rings (SSSR count). The molecule has 0 radical (unpaired) electrons. The van der Waals surface area contributed by atoms with Gasteiger partial charge in [0.25, 0.3) is 0 Å². The van der Waals surface area contributed by atoms with Gasteiger partial charge >= 0.3 is 0 Å². The normalized spacial score (nSPS) is 29.8. The number of hydrogen-bond donors (Lipinski definition) is 1. The molecule has 13 heavy (non-hydrogen) atoms. The molecule has 0 heterocycles. The van der Waals surface area contributed by atoms with E-state index in [1.165, 1.54) is 32.2 Å². The first-order chi connectivity index (χ1) is 6.26. The Morgan fingerprint density at radius 3 is 2.69 bits per heavy atom. The van der Waals surface area contributed by atoms with Crippen LogP contribution in [-0.4, -0.2) is 25.8 Å². The third-order valence-corrected chi connectivity index (χ3v) is 2.96. The van der Waals surface area contributed by atoms with E-state index in [2.05, 4.69) is 19.2 Å². The van der Waals surface area contributed by atoms with E-state index in [-0.39, 0.29) is 0 Å². The lowest BCUT2D eigenvalue weighted by Crippen LogP contribution is -2.46. The van der Waals surface area contributed by atoms with Crippen molar-refractivity contribution in [1.82, 2.24) is 5.32 Å². The summed E-state index contributed by atoms with van der Waals surface area (Å²) in [6.45, 7) is 5.75. The topological polar surface area (TPSA) is 21.3 Å². The molecular formula is C11H23NO. The molecule has 1 aliphatic carbocycles. The molecule has 0 aliphatic heterocycles. The molecule has 1 fully saturated rings. The van der Waals surface area contributed by atoms with Gasteiger partial charge in [0.15, 0.2) is 0 Å². The maximum Gasteiger partial charge on any atom is 0.0601 e. The van der Waals surface area contributed by atoms with Gasteiger partial charge in [0.05, 0.1) is 6.10 Å². The zero-order valence-corrected chi connectivity index (χ0v) is 9.18. The smallest absolute Gasteiger partial charge is 0.0601 e.